The molecular weight excluding hydrogens is 734 g/mol. The molecule has 0 aliphatic carbocycles. The number of nitrogens with one attached hydrogen (secondary N) is 1. The summed E-state index contributed by atoms with van der Waals surface area (Å²) in [5, 5.41) is 11.6. The highest BCUT2D eigenvalue weighted by Gasteiger charge is 2.34. The highest BCUT2D eigenvalue weighted by molar-refractivity contribution is 14.1. The zero-order valence-electron chi connectivity index (χ0n) is 19.9. The first-order valence-corrected chi connectivity index (χ1v) is 13.8. The molecule has 1 fully saturated rings. The molecule has 0 spiro atoms. The van der Waals surface area contributed by atoms with Gasteiger partial charge in [-0.2, -0.15) is 0 Å². The minimum atomic E-state index is -0.986. The average Bonchev–Trinajstić information content (AvgIpc) is 2.87. The standard InChI is InChI=1S/C27H20I2N2O6S/c1-2-36-19-5-3-4-18(13-19)31-25(33)20(24(32)30-27(31)38)10-16-11-21(28)23(22(29)12-16)37-14-15-6-8-17(9-7-15)26(34)35/h3-13H,2,14H2,1H3,(H,34,35)(H,30,32,38)/b20-10+. The van der Waals surface area contributed by atoms with E-state index in [1.54, 1.807) is 36.4 Å². The van der Waals surface area contributed by atoms with Crippen LogP contribution in [0, 0.1) is 7.14 Å². The van der Waals surface area contributed by atoms with Crippen molar-refractivity contribution < 1.29 is 29.0 Å². The highest BCUT2D eigenvalue weighted by Crippen LogP contribution is 2.31. The van der Waals surface area contributed by atoms with E-state index in [1.807, 2.05) is 19.1 Å². The molecule has 11 heteroatoms. The maximum Gasteiger partial charge on any atom is 0.335 e. The summed E-state index contributed by atoms with van der Waals surface area (Å²) in [5.74, 6) is -0.874. The van der Waals surface area contributed by atoms with Gasteiger partial charge in [0.25, 0.3) is 11.8 Å². The minimum absolute atomic E-state index is 0.00454. The molecule has 0 radical (unpaired) electrons. The van der Waals surface area contributed by atoms with E-state index in [2.05, 4.69) is 50.5 Å². The van der Waals surface area contributed by atoms with Gasteiger partial charge in [0.15, 0.2) is 5.11 Å². The molecule has 0 bridgehead atoms. The van der Waals surface area contributed by atoms with Crippen LogP contribution >= 0.6 is 57.4 Å². The molecule has 8 nitrogen and oxygen atoms in total. The molecule has 2 N–H and O–H groups in total. The molecule has 194 valence electrons. The number of anilines is 1. The summed E-state index contributed by atoms with van der Waals surface area (Å²) in [6, 6.07) is 17.0. The number of thiocarbonyl (C=S) groups is 1. The Morgan fingerprint density at radius 3 is 2.37 bits per heavy atom. The van der Waals surface area contributed by atoms with E-state index in [1.165, 1.54) is 23.1 Å². The number of rotatable bonds is 8. The largest absolute Gasteiger partial charge is 0.494 e. The van der Waals surface area contributed by atoms with Crippen molar-refractivity contribution in [2.24, 2.45) is 0 Å². The fourth-order valence-electron chi connectivity index (χ4n) is 3.64. The number of carboxylic acids is 1. The fourth-order valence-corrected chi connectivity index (χ4v) is 6.05. The molecule has 2 amide bonds. The third-order valence-corrected chi connectivity index (χ3v) is 7.29. The van der Waals surface area contributed by atoms with Gasteiger partial charge in [-0.1, -0.05) is 18.2 Å². The van der Waals surface area contributed by atoms with Gasteiger partial charge in [0.1, 0.15) is 23.7 Å². The molecule has 0 atom stereocenters. The van der Waals surface area contributed by atoms with Crippen LogP contribution in [0.1, 0.15) is 28.4 Å². The Labute approximate surface area is 251 Å². The van der Waals surface area contributed by atoms with Gasteiger partial charge < -0.3 is 14.6 Å². The number of amides is 2. The molecule has 1 saturated heterocycles. The summed E-state index contributed by atoms with van der Waals surface area (Å²) >= 11 is 9.56. The number of hydrogen-bond acceptors (Lipinski definition) is 6. The summed E-state index contributed by atoms with van der Waals surface area (Å²) < 4.78 is 13.1. The molecule has 3 aromatic carbocycles. The first kappa shape index (κ1) is 28.0. The molecule has 3 aromatic rings. The number of nitrogens with zero attached hydrogens (tertiary/aromatic N) is 1. The van der Waals surface area contributed by atoms with E-state index < -0.39 is 17.8 Å². The lowest BCUT2D eigenvalue weighted by Crippen LogP contribution is -2.54. The second kappa shape index (κ2) is 12.2. The number of ether oxygens (including phenoxy) is 2. The van der Waals surface area contributed by atoms with Crippen molar-refractivity contribution in [1.82, 2.24) is 5.32 Å². The van der Waals surface area contributed by atoms with Crippen molar-refractivity contribution in [2.75, 3.05) is 11.5 Å². The van der Waals surface area contributed by atoms with Crippen LogP contribution in [0.3, 0.4) is 0 Å². The van der Waals surface area contributed by atoms with E-state index in [-0.39, 0.29) is 22.9 Å². The van der Waals surface area contributed by atoms with Crippen molar-refractivity contribution in [3.8, 4) is 11.5 Å². The molecule has 1 heterocycles. The lowest BCUT2D eigenvalue weighted by molar-refractivity contribution is -0.122. The van der Waals surface area contributed by atoms with Crippen LogP contribution in [-0.4, -0.2) is 34.6 Å². The number of halogens is 2. The average molecular weight is 754 g/mol. The van der Waals surface area contributed by atoms with Gasteiger partial charge in [-0.3, -0.25) is 19.8 Å². The molecule has 1 aliphatic heterocycles. The van der Waals surface area contributed by atoms with E-state index in [4.69, 9.17) is 26.8 Å². The lowest BCUT2D eigenvalue weighted by Gasteiger charge is -2.29. The number of carboxylic acid groups (broad SMARTS) is 1. The molecule has 0 unspecified atom stereocenters. The minimum Gasteiger partial charge on any atom is -0.494 e. The zero-order chi connectivity index (χ0) is 27.4. The summed E-state index contributed by atoms with van der Waals surface area (Å²) in [6.45, 7) is 2.58. The monoisotopic (exact) mass is 754 g/mol. The van der Waals surface area contributed by atoms with Gasteiger partial charge in [-0.15, -0.1) is 0 Å². The number of hydrogen-bond donors (Lipinski definition) is 2. The van der Waals surface area contributed by atoms with E-state index in [0.717, 1.165) is 12.7 Å². The molecule has 0 aromatic heterocycles. The van der Waals surface area contributed by atoms with Crippen molar-refractivity contribution in [1.29, 1.82) is 0 Å². The van der Waals surface area contributed by atoms with Gasteiger partial charge >= 0.3 is 5.97 Å². The quantitative estimate of drug-likeness (QED) is 0.137. The van der Waals surface area contributed by atoms with Crippen molar-refractivity contribution in [3.63, 3.8) is 0 Å². The Morgan fingerprint density at radius 1 is 1.05 bits per heavy atom. The fraction of sp³-hybridized carbons (Fsp3) is 0.111. The van der Waals surface area contributed by atoms with Crippen molar-refractivity contribution in [2.45, 2.75) is 13.5 Å². The Kier molecular flexibility index (Phi) is 8.99. The first-order chi connectivity index (χ1) is 18.2. The van der Waals surface area contributed by atoms with Crippen LogP contribution in [0.5, 0.6) is 11.5 Å². The van der Waals surface area contributed by atoms with Crippen LogP contribution in [-0.2, 0) is 16.2 Å². The smallest absolute Gasteiger partial charge is 0.335 e. The Morgan fingerprint density at radius 2 is 1.74 bits per heavy atom. The topological polar surface area (TPSA) is 105 Å². The summed E-state index contributed by atoms with van der Waals surface area (Å²) in [6.07, 6.45) is 1.53. The predicted molar refractivity (Wildman–Crippen MR) is 163 cm³/mol. The predicted octanol–water partition coefficient (Wildman–Crippen LogP) is 5.40. The summed E-state index contributed by atoms with van der Waals surface area (Å²) in [5.41, 5.74) is 2.10. The van der Waals surface area contributed by atoms with Crippen molar-refractivity contribution in [3.05, 3.63) is 90.1 Å². The summed E-state index contributed by atoms with van der Waals surface area (Å²) in [4.78, 5) is 38.4. The molecule has 4 rings (SSSR count). The Hall–Kier alpha value is -3.04. The van der Waals surface area contributed by atoms with Gasteiger partial charge in [0.2, 0.25) is 0 Å². The third kappa shape index (κ3) is 6.32. The number of carbonyl (C=O) groups excluding carboxylic acids is 2. The van der Waals surface area contributed by atoms with E-state index >= 15 is 0 Å². The summed E-state index contributed by atoms with van der Waals surface area (Å²) in [7, 11) is 0. The maximum absolute atomic E-state index is 13.4. The molecule has 1 aliphatic rings. The van der Waals surface area contributed by atoms with Crippen LogP contribution in [0.25, 0.3) is 6.08 Å². The van der Waals surface area contributed by atoms with Gasteiger partial charge in [-0.25, -0.2) is 4.79 Å². The van der Waals surface area contributed by atoms with E-state index in [9.17, 15) is 14.4 Å². The zero-order valence-corrected chi connectivity index (χ0v) is 25.0. The Balaban J connectivity index is 1.57. The number of carbonyl (C=O) groups is 3. The van der Waals surface area contributed by atoms with Gasteiger partial charge in [0, 0.05) is 6.07 Å². The molecule has 38 heavy (non-hydrogen) atoms. The van der Waals surface area contributed by atoms with Crippen LogP contribution in [0.2, 0.25) is 0 Å². The maximum atomic E-state index is 13.4. The van der Waals surface area contributed by atoms with Gasteiger partial charge in [-0.05, 0) is 118 Å². The van der Waals surface area contributed by atoms with Crippen LogP contribution in [0.15, 0.2) is 66.2 Å². The highest BCUT2D eigenvalue weighted by atomic mass is 127. The Bertz CT molecular complexity index is 1450. The second-order valence-electron chi connectivity index (χ2n) is 7.99. The number of benzene rings is 3. The van der Waals surface area contributed by atoms with Crippen molar-refractivity contribution >= 4 is 92.1 Å². The SMILES string of the molecule is CCOc1cccc(N2C(=O)/C(=C/c3cc(I)c(OCc4ccc(C(=O)O)cc4)c(I)c3)C(=O)NC2=S)c1. The number of aromatic carboxylic acids is 1. The van der Waals surface area contributed by atoms with E-state index in [0.29, 0.717) is 29.4 Å². The third-order valence-electron chi connectivity index (χ3n) is 5.40. The molecule has 0 saturated carbocycles. The normalized spacial score (nSPS) is 14.4. The van der Waals surface area contributed by atoms with Crippen LogP contribution in [0.4, 0.5) is 5.69 Å². The van der Waals surface area contributed by atoms with Gasteiger partial charge in [0.05, 0.1) is 25.0 Å². The first-order valence-electron chi connectivity index (χ1n) is 11.3. The molecular formula is C27H20I2N2O6S. The van der Waals surface area contributed by atoms with Crippen LogP contribution < -0.4 is 19.7 Å². The lowest BCUT2D eigenvalue weighted by atomic mass is 10.1. The second-order valence-corrected chi connectivity index (χ2v) is 10.7.